The molecule has 1 aliphatic heterocycles. The number of carboxylic acid groups (broad SMARTS) is 1. The van der Waals surface area contributed by atoms with Crippen LogP contribution in [0.25, 0.3) is 21.8 Å². The van der Waals surface area contributed by atoms with Crippen molar-refractivity contribution in [2.45, 2.75) is 6.42 Å². The van der Waals surface area contributed by atoms with Crippen LogP contribution in [-0.4, -0.2) is 67.2 Å². The van der Waals surface area contributed by atoms with Gasteiger partial charge in [-0.1, -0.05) is 0 Å². The number of aromatic nitrogens is 2. The van der Waals surface area contributed by atoms with Gasteiger partial charge in [0.15, 0.2) is 0 Å². The summed E-state index contributed by atoms with van der Waals surface area (Å²) in [5.74, 6) is -1.02. The molecule has 2 aromatic heterocycles. The molecule has 0 saturated carbocycles. The van der Waals surface area contributed by atoms with Crippen LogP contribution in [-0.2, 0) is 17.2 Å². The van der Waals surface area contributed by atoms with Crippen LogP contribution < -0.4 is 0 Å². The molecule has 1 atom stereocenters. The van der Waals surface area contributed by atoms with Crippen LogP contribution >= 0.6 is 0 Å². The first-order valence-electron chi connectivity index (χ1n) is 8.62. The minimum atomic E-state index is -1.18. The Hall–Kier alpha value is -3.07. The Morgan fingerprint density at radius 2 is 2.00 bits per heavy atom. The Labute approximate surface area is 163 Å². The summed E-state index contributed by atoms with van der Waals surface area (Å²) < 4.78 is 12.3. The number of aromatic hydroxyl groups is 1. The molecule has 4 rings (SSSR count). The molecule has 0 saturated heterocycles. The molecule has 3 N–H and O–H groups in total. The van der Waals surface area contributed by atoms with Gasteiger partial charge < -0.3 is 25.0 Å². The van der Waals surface area contributed by atoms with Gasteiger partial charge >= 0.3 is 5.97 Å². The van der Waals surface area contributed by atoms with E-state index in [2.05, 4.69) is 9.97 Å². The number of allylic oxidation sites excluding steroid dienone is 1. The molecule has 0 amide bonds. The molecule has 8 nitrogen and oxygen atoms in total. The number of fused-ring (bicyclic) bond motifs is 3. The number of pyridine rings is 1. The third-order valence-electron chi connectivity index (χ3n) is 4.95. The van der Waals surface area contributed by atoms with Crippen LogP contribution in [0.15, 0.2) is 35.0 Å². The largest absolute Gasteiger partial charge is 0.508 e. The third kappa shape index (κ3) is 2.88. The highest BCUT2D eigenvalue weighted by atomic mass is 32.2. The first-order valence-corrected chi connectivity index (χ1v) is 10.2. The number of likely N-dealkylation sites (N-methyl/N-ethyl adjacent to an activating group) is 1. The number of rotatable bonds is 4. The second kappa shape index (κ2) is 6.52. The number of carbonyl (C=O) groups is 1. The number of hydrogen-bond acceptors (Lipinski definition) is 6. The van der Waals surface area contributed by atoms with E-state index < -0.39 is 16.8 Å². The average Bonchev–Trinajstić information content (AvgIpc) is 3.11. The van der Waals surface area contributed by atoms with Crippen LogP contribution in [0, 0.1) is 0 Å². The van der Waals surface area contributed by atoms with Gasteiger partial charge in [-0.05, 0) is 24.3 Å². The number of nitrogens with one attached hydrogen (secondary N) is 1. The van der Waals surface area contributed by atoms with E-state index in [9.17, 15) is 19.2 Å². The van der Waals surface area contributed by atoms with E-state index in [4.69, 9.17) is 0 Å². The van der Waals surface area contributed by atoms with E-state index in [0.717, 1.165) is 16.6 Å². The fourth-order valence-corrected chi connectivity index (χ4v) is 4.85. The third-order valence-corrected chi connectivity index (χ3v) is 6.04. The topological polar surface area (TPSA) is 110 Å². The number of hydrogen-bond donors (Lipinski definition) is 3. The minimum Gasteiger partial charge on any atom is -0.508 e. The summed E-state index contributed by atoms with van der Waals surface area (Å²) in [7, 11) is 2.60. The molecule has 1 unspecified atom stereocenters. The van der Waals surface area contributed by atoms with Gasteiger partial charge in [0.25, 0.3) is 0 Å². The Balaban J connectivity index is 1.97. The first kappa shape index (κ1) is 18.3. The SMILES string of the molecule is CN1CN(C)C(S(C)=O)=C1Cc1nc(C(=O)O)cc2c1[nH]c1ccc(O)cc12. The second-order valence-electron chi connectivity index (χ2n) is 6.96. The van der Waals surface area contributed by atoms with E-state index in [1.54, 1.807) is 24.5 Å². The van der Waals surface area contributed by atoms with Crippen molar-refractivity contribution in [2.75, 3.05) is 27.0 Å². The van der Waals surface area contributed by atoms with Gasteiger partial charge in [0.05, 0.1) is 34.4 Å². The van der Waals surface area contributed by atoms with Gasteiger partial charge in [-0.25, -0.2) is 9.78 Å². The Kier molecular flexibility index (Phi) is 4.26. The van der Waals surface area contributed by atoms with Crippen molar-refractivity contribution in [3.8, 4) is 5.75 Å². The maximum absolute atomic E-state index is 12.3. The van der Waals surface area contributed by atoms with Crippen LogP contribution in [0.5, 0.6) is 5.75 Å². The number of phenols is 1. The normalized spacial score (nSPS) is 15.8. The summed E-state index contributed by atoms with van der Waals surface area (Å²) in [6, 6.07) is 6.43. The van der Waals surface area contributed by atoms with Crippen LogP contribution in [0.1, 0.15) is 16.2 Å². The number of phenolic OH excluding ortho intramolecular Hbond substituents is 1. The van der Waals surface area contributed by atoms with Gasteiger partial charge in [-0.3, -0.25) is 4.21 Å². The van der Waals surface area contributed by atoms with Crippen LogP contribution in [0.3, 0.4) is 0 Å². The van der Waals surface area contributed by atoms with Crippen molar-refractivity contribution >= 4 is 38.6 Å². The Bertz CT molecular complexity index is 1180. The average molecular weight is 400 g/mol. The van der Waals surface area contributed by atoms with Crippen molar-refractivity contribution in [2.24, 2.45) is 0 Å². The van der Waals surface area contributed by atoms with Gasteiger partial charge in [0.2, 0.25) is 0 Å². The number of carboxylic acids is 1. The lowest BCUT2D eigenvalue weighted by molar-refractivity contribution is 0.0690. The summed E-state index contributed by atoms with van der Waals surface area (Å²) in [4.78, 5) is 23.2. The van der Waals surface area contributed by atoms with E-state index in [1.807, 2.05) is 23.9 Å². The summed E-state index contributed by atoms with van der Waals surface area (Å²) in [6.07, 6.45) is 1.97. The molecular formula is C19H20N4O4S. The lowest BCUT2D eigenvalue weighted by atomic mass is 10.1. The zero-order valence-electron chi connectivity index (χ0n) is 15.7. The number of H-pyrrole nitrogens is 1. The number of nitrogens with zero attached hydrogens (tertiary/aromatic N) is 3. The van der Waals surface area contributed by atoms with Gasteiger partial charge in [-0.2, -0.15) is 0 Å². The first-order chi connectivity index (χ1) is 13.3. The minimum absolute atomic E-state index is 0.0690. The number of aromatic amines is 1. The van der Waals surface area contributed by atoms with E-state index in [0.29, 0.717) is 34.7 Å². The van der Waals surface area contributed by atoms with Crippen molar-refractivity contribution in [1.29, 1.82) is 0 Å². The summed E-state index contributed by atoms with van der Waals surface area (Å²) >= 11 is 0. The number of aromatic carboxylic acids is 1. The molecule has 0 bridgehead atoms. The van der Waals surface area contributed by atoms with E-state index in [-0.39, 0.29) is 11.4 Å². The van der Waals surface area contributed by atoms with Crippen molar-refractivity contribution in [3.63, 3.8) is 0 Å². The summed E-state index contributed by atoms with van der Waals surface area (Å²) in [5.41, 5.74) is 2.83. The molecule has 146 valence electrons. The quantitative estimate of drug-likeness (QED) is 0.615. The molecule has 3 heterocycles. The Morgan fingerprint density at radius 3 is 2.68 bits per heavy atom. The lowest BCUT2D eigenvalue weighted by Gasteiger charge is -2.16. The zero-order chi connectivity index (χ0) is 20.2. The molecule has 1 aliphatic rings. The smallest absolute Gasteiger partial charge is 0.354 e. The summed E-state index contributed by atoms with van der Waals surface area (Å²) in [6.45, 7) is 0.604. The maximum atomic E-state index is 12.3. The van der Waals surface area contributed by atoms with Gasteiger partial charge in [0.1, 0.15) is 16.5 Å². The van der Waals surface area contributed by atoms with E-state index >= 15 is 0 Å². The standard InChI is InChI=1S/C19H20N4O4S/c1-22-9-23(2)18(28(3)27)16(22)8-14-17-12(7-15(20-14)19(25)26)11-6-10(24)4-5-13(11)21-17/h4-7,21,24H,8-9H2,1-3H3,(H,25,26). The van der Waals surface area contributed by atoms with Crippen molar-refractivity contribution < 1.29 is 19.2 Å². The molecule has 0 spiro atoms. The zero-order valence-corrected chi connectivity index (χ0v) is 16.5. The maximum Gasteiger partial charge on any atom is 0.354 e. The van der Waals surface area contributed by atoms with Crippen LogP contribution in [0.2, 0.25) is 0 Å². The monoisotopic (exact) mass is 400 g/mol. The number of benzene rings is 1. The molecule has 0 radical (unpaired) electrons. The predicted molar refractivity (Wildman–Crippen MR) is 107 cm³/mol. The molecular weight excluding hydrogens is 380 g/mol. The highest BCUT2D eigenvalue weighted by Crippen LogP contribution is 2.33. The van der Waals surface area contributed by atoms with E-state index in [1.165, 1.54) is 6.07 Å². The molecule has 1 aromatic carbocycles. The summed E-state index contributed by atoms with van der Waals surface area (Å²) in [5, 5.41) is 21.5. The lowest BCUT2D eigenvalue weighted by Crippen LogP contribution is -2.22. The van der Waals surface area contributed by atoms with Crippen molar-refractivity contribution in [1.82, 2.24) is 19.8 Å². The fraction of sp³-hybridized carbons (Fsp3) is 0.263. The highest BCUT2D eigenvalue weighted by Gasteiger charge is 2.28. The molecule has 9 heteroatoms. The Morgan fingerprint density at radius 1 is 1.25 bits per heavy atom. The fourth-order valence-electron chi connectivity index (χ4n) is 3.79. The van der Waals surface area contributed by atoms with Crippen molar-refractivity contribution in [3.05, 3.63) is 46.4 Å². The molecule has 0 aliphatic carbocycles. The molecule has 0 fully saturated rings. The highest BCUT2D eigenvalue weighted by molar-refractivity contribution is 7.88. The van der Waals surface area contributed by atoms with Crippen LogP contribution in [0.4, 0.5) is 0 Å². The molecule has 3 aromatic rings. The van der Waals surface area contributed by atoms with Gasteiger partial charge in [0, 0.05) is 43.1 Å². The molecule has 28 heavy (non-hydrogen) atoms. The van der Waals surface area contributed by atoms with Gasteiger partial charge in [-0.15, -0.1) is 0 Å². The predicted octanol–water partition coefficient (Wildman–Crippen LogP) is 2.04. The second-order valence-corrected chi connectivity index (χ2v) is 8.25.